The van der Waals surface area contributed by atoms with Gasteiger partial charge in [-0.2, -0.15) is 0 Å². The molecule has 0 aliphatic carbocycles. The summed E-state index contributed by atoms with van der Waals surface area (Å²) in [6.07, 6.45) is 4.18. The van der Waals surface area contributed by atoms with Crippen molar-refractivity contribution in [3.8, 4) is 0 Å². The van der Waals surface area contributed by atoms with E-state index in [4.69, 9.17) is 0 Å². The lowest BCUT2D eigenvalue weighted by Gasteiger charge is -2.40. The van der Waals surface area contributed by atoms with Crippen LogP contribution in [0, 0.1) is 11.3 Å². The second kappa shape index (κ2) is 6.02. The van der Waals surface area contributed by atoms with Gasteiger partial charge in [-0.05, 0) is 44.7 Å². The van der Waals surface area contributed by atoms with Gasteiger partial charge in [0.05, 0.1) is 0 Å². The highest BCUT2D eigenvalue weighted by atomic mass is 15.1. The predicted molar refractivity (Wildman–Crippen MR) is 71.8 cm³/mol. The monoisotopic (exact) mass is 226 g/mol. The summed E-state index contributed by atoms with van der Waals surface area (Å²) in [5, 5.41) is 3.39. The second-order valence-electron chi connectivity index (χ2n) is 6.15. The Balaban J connectivity index is 2.46. The van der Waals surface area contributed by atoms with Crippen LogP contribution in [0.4, 0.5) is 0 Å². The molecule has 96 valence electrons. The number of hydrogen-bond donors (Lipinski definition) is 1. The second-order valence-corrected chi connectivity index (χ2v) is 6.15. The highest BCUT2D eigenvalue weighted by Crippen LogP contribution is 2.26. The Bertz CT molecular complexity index is 201. The quantitative estimate of drug-likeness (QED) is 0.775. The summed E-state index contributed by atoms with van der Waals surface area (Å²) in [6, 6.07) is 0.578. The van der Waals surface area contributed by atoms with E-state index in [1.807, 2.05) is 0 Å². The summed E-state index contributed by atoms with van der Waals surface area (Å²) in [5.74, 6) is 0.939. The van der Waals surface area contributed by atoms with Crippen LogP contribution in [-0.2, 0) is 0 Å². The SMILES string of the molecule is CCC1CCCN(CC(C)(C)C(C)NC)C1. The Labute approximate surface area is 102 Å². The van der Waals surface area contributed by atoms with Crippen molar-refractivity contribution < 1.29 is 0 Å². The zero-order valence-electron chi connectivity index (χ0n) is 11.8. The molecule has 1 saturated heterocycles. The lowest BCUT2D eigenvalue weighted by molar-refractivity contribution is 0.101. The first-order valence-electron chi connectivity index (χ1n) is 6.89. The third-order valence-electron chi connectivity index (χ3n) is 4.42. The fourth-order valence-corrected chi connectivity index (χ4v) is 2.73. The molecule has 16 heavy (non-hydrogen) atoms. The third-order valence-corrected chi connectivity index (χ3v) is 4.42. The normalized spacial score (nSPS) is 25.7. The summed E-state index contributed by atoms with van der Waals surface area (Å²) in [6.45, 7) is 13.2. The van der Waals surface area contributed by atoms with E-state index >= 15 is 0 Å². The topological polar surface area (TPSA) is 15.3 Å². The van der Waals surface area contributed by atoms with E-state index in [0.717, 1.165) is 5.92 Å². The molecule has 0 amide bonds. The van der Waals surface area contributed by atoms with Crippen LogP contribution in [0.1, 0.15) is 47.0 Å². The maximum atomic E-state index is 3.39. The van der Waals surface area contributed by atoms with Crippen molar-refractivity contribution in [2.24, 2.45) is 11.3 Å². The predicted octanol–water partition coefficient (Wildman–Crippen LogP) is 2.74. The van der Waals surface area contributed by atoms with Gasteiger partial charge in [-0.15, -0.1) is 0 Å². The van der Waals surface area contributed by atoms with Crippen molar-refractivity contribution in [2.45, 2.75) is 53.0 Å². The van der Waals surface area contributed by atoms with Crippen molar-refractivity contribution in [3.63, 3.8) is 0 Å². The molecular formula is C14H30N2. The van der Waals surface area contributed by atoms with E-state index in [9.17, 15) is 0 Å². The van der Waals surface area contributed by atoms with E-state index in [1.165, 1.54) is 38.9 Å². The Hall–Kier alpha value is -0.0800. The van der Waals surface area contributed by atoms with Crippen molar-refractivity contribution in [1.29, 1.82) is 0 Å². The summed E-state index contributed by atoms with van der Waals surface area (Å²) in [5.41, 5.74) is 0.365. The maximum Gasteiger partial charge on any atom is 0.00991 e. The maximum absolute atomic E-state index is 3.39. The smallest absolute Gasteiger partial charge is 0.00991 e. The number of hydrogen-bond acceptors (Lipinski definition) is 2. The van der Waals surface area contributed by atoms with Crippen molar-refractivity contribution in [3.05, 3.63) is 0 Å². The molecule has 1 rings (SSSR count). The first-order valence-corrected chi connectivity index (χ1v) is 6.89. The molecule has 1 fully saturated rings. The van der Waals surface area contributed by atoms with Gasteiger partial charge in [0.25, 0.3) is 0 Å². The Kier molecular flexibility index (Phi) is 5.26. The largest absolute Gasteiger partial charge is 0.317 e. The molecule has 1 heterocycles. The van der Waals surface area contributed by atoms with E-state index < -0.39 is 0 Å². The molecular weight excluding hydrogens is 196 g/mol. The highest BCUT2D eigenvalue weighted by Gasteiger charge is 2.29. The molecule has 0 radical (unpaired) electrons. The summed E-state index contributed by atoms with van der Waals surface area (Å²) < 4.78 is 0. The number of nitrogens with one attached hydrogen (secondary N) is 1. The molecule has 2 atom stereocenters. The fourth-order valence-electron chi connectivity index (χ4n) is 2.73. The average Bonchev–Trinajstić information content (AvgIpc) is 2.27. The van der Waals surface area contributed by atoms with Gasteiger partial charge in [0.2, 0.25) is 0 Å². The first kappa shape index (κ1) is 14.0. The van der Waals surface area contributed by atoms with Gasteiger partial charge in [-0.25, -0.2) is 0 Å². The summed E-state index contributed by atoms with van der Waals surface area (Å²) in [4.78, 5) is 2.67. The van der Waals surface area contributed by atoms with E-state index in [2.05, 4.69) is 45.0 Å². The van der Waals surface area contributed by atoms with Crippen LogP contribution in [0.15, 0.2) is 0 Å². The van der Waals surface area contributed by atoms with Crippen LogP contribution in [0.25, 0.3) is 0 Å². The molecule has 0 aromatic rings. The summed E-state index contributed by atoms with van der Waals surface area (Å²) in [7, 11) is 2.07. The van der Waals surface area contributed by atoms with Gasteiger partial charge in [0.15, 0.2) is 0 Å². The molecule has 0 spiro atoms. The molecule has 0 bridgehead atoms. The van der Waals surface area contributed by atoms with Gasteiger partial charge < -0.3 is 10.2 Å². The van der Waals surface area contributed by atoms with Crippen LogP contribution >= 0.6 is 0 Å². The van der Waals surface area contributed by atoms with Crippen LogP contribution in [0.2, 0.25) is 0 Å². The minimum atomic E-state index is 0.365. The van der Waals surface area contributed by atoms with E-state index in [0.29, 0.717) is 11.5 Å². The van der Waals surface area contributed by atoms with Gasteiger partial charge in [-0.1, -0.05) is 27.2 Å². The molecule has 1 aliphatic heterocycles. The Morgan fingerprint density at radius 1 is 1.44 bits per heavy atom. The lowest BCUT2D eigenvalue weighted by Crippen LogP contribution is -2.48. The van der Waals surface area contributed by atoms with Crippen molar-refractivity contribution >= 4 is 0 Å². The van der Waals surface area contributed by atoms with Gasteiger partial charge >= 0.3 is 0 Å². The molecule has 0 saturated carbocycles. The molecule has 1 N–H and O–H groups in total. The molecule has 2 heteroatoms. The Morgan fingerprint density at radius 2 is 2.12 bits per heavy atom. The van der Waals surface area contributed by atoms with E-state index in [-0.39, 0.29) is 0 Å². The van der Waals surface area contributed by atoms with Crippen LogP contribution < -0.4 is 5.32 Å². The fraction of sp³-hybridized carbons (Fsp3) is 1.00. The summed E-state index contributed by atoms with van der Waals surface area (Å²) >= 11 is 0. The number of rotatable bonds is 5. The van der Waals surface area contributed by atoms with Crippen LogP contribution in [-0.4, -0.2) is 37.6 Å². The van der Waals surface area contributed by atoms with E-state index in [1.54, 1.807) is 0 Å². The molecule has 0 aromatic heterocycles. The van der Waals surface area contributed by atoms with Crippen molar-refractivity contribution in [2.75, 3.05) is 26.7 Å². The first-order chi connectivity index (χ1) is 7.49. The van der Waals surface area contributed by atoms with Gasteiger partial charge in [-0.3, -0.25) is 0 Å². The molecule has 1 aliphatic rings. The Morgan fingerprint density at radius 3 is 2.69 bits per heavy atom. The third kappa shape index (κ3) is 3.74. The lowest BCUT2D eigenvalue weighted by atomic mass is 9.83. The molecule has 2 nitrogen and oxygen atoms in total. The number of piperidine rings is 1. The van der Waals surface area contributed by atoms with Crippen LogP contribution in [0.5, 0.6) is 0 Å². The van der Waals surface area contributed by atoms with Gasteiger partial charge in [0, 0.05) is 19.1 Å². The minimum Gasteiger partial charge on any atom is -0.317 e. The zero-order valence-corrected chi connectivity index (χ0v) is 11.8. The zero-order chi connectivity index (χ0) is 12.2. The van der Waals surface area contributed by atoms with Crippen LogP contribution in [0.3, 0.4) is 0 Å². The minimum absolute atomic E-state index is 0.365. The van der Waals surface area contributed by atoms with Gasteiger partial charge in [0.1, 0.15) is 0 Å². The number of nitrogens with zero attached hydrogens (tertiary/aromatic N) is 1. The molecule has 0 aromatic carbocycles. The van der Waals surface area contributed by atoms with Crippen molar-refractivity contribution in [1.82, 2.24) is 10.2 Å². The highest BCUT2D eigenvalue weighted by molar-refractivity contribution is 4.85. The average molecular weight is 226 g/mol. The molecule has 2 unspecified atom stereocenters. The number of likely N-dealkylation sites (tertiary alicyclic amines) is 1. The standard InChI is InChI=1S/C14H30N2/c1-6-13-8-7-9-16(10-13)11-14(3,4)12(2)15-5/h12-13,15H,6-11H2,1-5H3.